The fourth-order valence-corrected chi connectivity index (χ4v) is 2.31. The van der Waals surface area contributed by atoms with Gasteiger partial charge in [0.05, 0.1) is 18.8 Å². The molecule has 2 unspecified atom stereocenters. The third kappa shape index (κ3) is 3.11. The minimum Gasteiger partial charge on any atom is -0.394 e. The van der Waals surface area contributed by atoms with Crippen LogP contribution < -0.4 is 0 Å². The molecule has 2 rings (SSSR count). The number of hydrogen-bond acceptors (Lipinski definition) is 3. The van der Waals surface area contributed by atoms with Crippen LogP contribution in [-0.2, 0) is 4.74 Å². The molecule has 1 fully saturated rings. The van der Waals surface area contributed by atoms with E-state index in [0.29, 0.717) is 18.7 Å². The molecule has 1 aliphatic heterocycles. The molecule has 19 heavy (non-hydrogen) atoms. The van der Waals surface area contributed by atoms with Gasteiger partial charge in [0.1, 0.15) is 5.82 Å². The van der Waals surface area contributed by atoms with Crippen molar-refractivity contribution in [2.24, 2.45) is 0 Å². The first kappa shape index (κ1) is 14.0. The van der Waals surface area contributed by atoms with Gasteiger partial charge in [-0.3, -0.25) is 4.79 Å². The lowest BCUT2D eigenvalue weighted by Crippen LogP contribution is -2.50. The van der Waals surface area contributed by atoms with Gasteiger partial charge < -0.3 is 14.7 Å². The molecule has 0 bridgehead atoms. The normalized spacial score (nSPS) is 23.5. The Bertz CT molecular complexity index is 478. The molecule has 0 radical (unpaired) electrons. The molecule has 5 heteroatoms. The van der Waals surface area contributed by atoms with E-state index >= 15 is 0 Å². The third-order valence-corrected chi connectivity index (χ3v) is 3.25. The number of halogens is 1. The second-order valence-corrected chi connectivity index (χ2v) is 4.92. The van der Waals surface area contributed by atoms with E-state index in [-0.39, 0.29) is 24.7 Å². The van der Waals surface area contributed by atoms with Crippen LogP contribution in [-0.4, -0.2) is 47.8 Å². The Hall–Kier alpha value is -1.46. The SMILES string of the molecule is Cc1ccc(F)cc1C(=O)N1CC(C)OC(CO)C1. The van der Waals surface area contributed by atoms with Gasteiger partial charge in [0.2, 0.25) is 0 Å². The number of carbonyl (C=O) groups excluding carboxylic acids is 1. The maximum atomic E-state index is 13.3. The Balaban J connectivity index is 2.21. The number of carbonyl (C=O) groups is 1. The number of morpholine rings is 1. The van der Waals surface area contributed by atoms with Gasteiger partial charge in [-0.1, -0.05) is 6.07 Å². The van der Waals surface area contributed by atoms with Crippen molar-refractivity contribution in [3.63, 3.8) is 0 Å². The number of amides is 1. The Morgan fingerprint density at radius 3 is 2.95 bits per heavy atom. The lowest BCUT2D eigenvalue weighted by atomic mass is 10.1. The summed E-state index contributed by atoms with van der Waals surface area (Å²) >= 11 is 0. The molecule has 1 N–H and O–H groups in total. The average Bonchev–Trinajstić information content (AvgIpc) is 2.40. The molecule has 1 aromatic rings. The average molecular weight is 267 g/mol. The zero-order chi connectivity index (χ0) is 14.0. The molecule has 0 spiro atoms. The van der Waals surface area contributed by atoms with Crippen LogP contribution in [0.3, 0.4) is 0 Å². The first-order chi connectivity index (χ1) is 9.01. The lowest BCUT2D eigenvalue weighted by molar-refractivity contribution is -0.0858. The van der Waals surface area contributed by atoms with Gasteiger partial charge in [0.15, 0.2) is 0 Å². The van der Waals surface area contributed by atoms with Crippen molar-refractivity contribution >= 4 is 5.91 Å². The molecule has 1 saturated heterocycles. The molecule has 104 valence electrons. The molecular formula is C14H18FNO3. The van der Waals surface area contributed by atoms with E-state index in [4.69, 9.17) is 9.84 Å². The first-order valence-electron chi connectivity index (χ1n) is 6.33. The highest BCUT2D eigenvalue weighted by molar-refractivity contribution is 5.95. The van der Waals surface area contributed by atoms with E-state index in [1.807, 2.05) is 6.92 Å². The van der Waals surface area contributed by atoms with Gasteiger partial charge in [0, 0.05) is 18.7 Å². The van der Waals surface area contributed by atoms with Gasteiger partial charge in [-0.25, -0.2) is 4.39 Å². The second kappa shape index (κ2) is 5.67. The van der Waals surface area contributed by atoms with Gasteiger partial charge in [-0.2, -0.15) is 0 Å². The van der Waals surface area contributed by atoms with E-state index in [2.05, 4.69) is 0 Å². The number of benzene rings is 1. The smallest absolute Gasteiger partial charge is 0.254 e. The lowest BCUT2D eigenvalue weighted by Gasteiger charge is -2.36. The van der Waals surface area contributed by atoms with Crippen LogP contribution in [0, 0.1) is 12.7 Å². The molecule has 0 aliphatic carbocycles. The summed E-state index contributed by atoms with van der Waals surface area (Å²) in [5, 5.41) is 9.15. The Kier molecular flexibility index (Phi) is 4.17. The topological polar surface area (TPSA) is 49.8 Å². The molecule has 1 aliphatic rings. The number of aliphatic hydroxyl groups is 1. The molecule has 1 amide bonds. The number of nitrogens with zero attached hydrogens (tertiary/aromatic N) is 1. The van der Waals surface area contributed by atoms with Gasteiger partial charge in [-0.05, 0) is 31.5 Å². The highest BCUT2D eigenvalue weighted by Gasteiger charge is 2.29. The monoisotopic (exact) mass is 267 g/mol. The van der Waals surface area contributed by atoms with Gasteiger partial charge in [-0.15, -0.1) is 0 Å². The molecule has 2 atom stereocenters. The summed E-state index contributed by atoms with van der Waals surface area (Å²) in [6.07, 6.45) is -0.509. The van der Waals surface area contributed by atoms with Crippen LogP contribution in [0.1, 0.15) is 22.8 Å². The zero-order valence-corrected chi connectivity index (χ0v) is 11.1. The number of hydrogen-bond donors (Lipinski definition) is 1. The van der Waals surface area contributed by atoms with Crippen molar-refractivity contribution in [2.75, 3.05) is 19.7 Å². The summed E-state index contributed by atoms with van der Waals surface area (Å²) in [5.41, 5.74) is 1.11. The summed E-state index contributed by atoms with van der Waals surface area (Å²) in [7, 11) is 0. The number of rotatable bonds is 2. The Morgan fingerprint density at radius 2 is 2.26 bits per heavy atom. The van der Waals surface area contributed by atoms with Crippen molar-refractivity contribution in [1.82, 2.24) is 4.90 Å². The minimum absolute atomic E-state index is 0.129. The molecule has 1 aromatic carbocycles. The van der Waals surface area contributed by atoms with Crippen LogP contribution >= 0.6 is 0 Å². The minimum atomic E-state index is -0.422. The predicted octanol–water partition coefficient (Wildman–Crippen LogP) is 1.36. The fourth-order valence-electron chi connectivity index (χ4n) is 2.31. The summed E-state index contributed by atoms with van der Waals surface area (Å²) < 4.78 is 18.7. The van der Waals surface area contributed by atoms with Crippen molar-refractivity contribution in [3.05, 3.63) is 35.1 Å². The second-order valence-electron chi connectivity index (χ2n) is 4.92. The van der Waals surface area contributed by atoms with Crippen LogP contribution in [0.2, 0.25) is 0 Å². The number of aliphatic hydroxyl groups excluding tert-OH is 1. The predicted molar refractivity (Wildman–Crippen MR) is 68.5 cm³/mol. The maximum Gasteiger partial charge on any atom is 0.254 e. The van der Waals surface area contributed by atoms with E-state index in [1.54, 1.807) is 17.9 Å². The van der Waals surface area contributed by atoms with Crippen molar-refractivity contribution < 1.29 is 19.0 Å². The highest BCUT2D eigenvalue weighted by Crippen LogP contribution is 2.17. The van der Waals surface area contributed by atoms with E-state index in [9.17, 15) is 9.18 Å². The maximum absolute atomic E-state index is 13.3. The van der Waals surface area contributed by atoms with Crippen LogP contribution in [0.15, 0.2) is 18.2 Å². The van der Waals surface area contributed by atoms with Crippen LogP contribution in [0.4, 0.5) is 4.39 Å². The number of ether oxygens (including phenoxy) is 1. The number of aryl methyl sites for hydroxylation is 1. The van der Waals surface area contributed by atoms with E-state index in [1.165, 1.54) is 12.1 Å². The van der Waals surface area contributed by atoms with Crippen molar-refractivity contribution in [3.8, 4) is 0 Å². The summed E-state index contributed by atoms with van der Waals surface area (Å²) in [6.45, 7) is 4.28. The van der Waals surface area contributed by atoms with Gasteiger partial charge in [0.25, 0.3) is 5.91 Å². The highest BCUT2D eigenvalue weighted by atomic mass is 19.1. The van der Waals surface area contributed by atoms with Crippen LogP contribution in [0.5, 0.6) is 0 Å². The van der Waals surface area contributed by atoms with E-state index in [0.717, 1.165) is 5.56 Å². The Labute approximate surface area is 111 Å². The van der Waals surface area contributed by atoms with Crippen molar-refractivity contribution in [2.45, 2.75) is 26.1 Å². The molecule has 1 heterocycles. The first-order valence-corrected chi connectivity index (χ1v) is 6.33. The summed E-state index contributed by atoms with van der Waals surface area (Å²) in [4.78, 5) is 14.0. The fraction of sp³-hybridized carbons (Fsp3) is 0.500. The molecule has 0 saturated carbocycles. The van der Waals surface area contributed by atoms with Crippen molar-refractivity contribution in [1.29, 1.82) is 0 Å². The zero-order valence-electron chi connectivity index (χ0n) is 11.1. The molecular weight excluding hydrogens is 249 g/mol. The largest absolute Gasteiger partial charge is 0.394 e. The van der Waals surface area contributed by atoms with Gasteiger partial charge >= 0.3 is 0 Å². The van der Waals surface area contributed by atoms with Crippen LogP contribution in [0.25, 0.3) is 0 Å². The standard InChI is InChI=1S/C14H18FNO3/c1-9-3-4-11(15)5-13(9)14(18)16-6-10(2)19-12(7-16)8-17/h3-5,10,12,17H,6-8H2,1-2H3. The van der Waals surface area contributed by atoms with E-state index < -0.39 is 5.82 Å². The Morgan fingerprint density at radius 1 is 1.53 bits per heavy atom. The molecule has 0 aromatic heterocycles. The quantitative estimate of drug-likeness (QED) is 0.880. The summed E-state index contributed by atoms with van der Waals surface area (Å²) in [5.74, 6) is -0.639. The summed E-state index contributed by atoms with van der Waals surface area (Å²) in [6, 6.07) is 4.19. The third-order valence-electron chi connectivity index (χ3n) is 3.25. The molecule has 4 nitrogen and oxygen atoms in total.